The first kappa shape index (κ1) is 20.1. The van der Waals surface area contributed by atoms with Crippen molar-refractivity contribution in [2.45, 2.75) is 77.3 Å². The Morgan fingerprint density at radius 1 is 1.24 bits per heavy atom. The molecule has 1 aromatic rings. The number of nitrogens with one attached hydrogen (secondary N) is 1. The van der Waals surface area contributed by atoms with Gasteiger partial charge < -0.3 is 9.29 Å². The molecule has 1 aliphatic heterocycles. The summed E-state index contributed by atoms with van der Waals surface area (Å²) < 4.78 is 21.0. The fourth-order valence-electron chi connectivity index (χ4n) is 2.82. The summed E-state index contributed by atoms with van der Waals surface area (Å²) in [5, 5.41) is 0. The van der Waals surface area contributed by atoms with Crippen LogP contribution in [0.5, 0.6) is 0 Å². The average Bonchev–Trinajstić information content (AvgIpc) is 2.44. The number of para-hydroxylation sites is 1. The molecule has 0 aliphatic carbocycles. The van der Waals surface area contributed by atoms with Gasteiger partial charge in [0.05, 0.1) is 11.7 Å². The molecule has 1 heterocycles. The van der Waals surface area contributed by atoms with E-state index in [0.717, 1.165) is 11.3 Å². The normalized spacial score (nSPS) is 22.3. The third-order valence-electron chi connectivity index (χ3n) is 3.98. The molecular weight excluding hydrogens is 336 g/mol. The number of rotatable bonds is 2. The van der Waals surface area contributed by atoms with Gasteiger partial charge >= 0.3 is 6.09 Å². The van der Waals surface area contributed by atoms with Gasteiger partial charge in [0, 0.05) is 17.4 Å². The molecule has 0 bridgehead atoms. The fourth-order valence-corrected chi connectivity index (χ4v) is 3.65. The Kier molecular flexibility index (Phi) is 5.76. The quantitative estimate of drug-likeness (QED) is 0.792. The molecule has 0 spiro atoms. The van der Waals surface area contributed by atoms with E-state index in [-0.39, 0.29) is 22.9 Å². The Bertz CT molecular complexity index is 622. The SMILES string of the molecule is CC1C[C@H](N[S@@+]([O-])C(C)(C)C)c2ccccc2N1C(=O)OC(C)(C)C. The summed E-state index contributed by atoms with van der Waals surface area (Å²) >= 11 is -1.18. The highest BCUT2D eigenvalue weighted by atomic mass is 32.2. The van der Waals surface area contributed by atoms with Crippen LogP contribution in [0.25, 0.3) is 0 Å². The minimum Gasteiger partial charge on any atom is -0.598 e. The number of hydrogen-bond acceptors (Lipinski definition) is 4. The van der Waals surface area contributed by atoms with E-state index < -0.39 is 17.0 Å². The number of anilines is 1. The maximum Gasteiger partial charge on any atom is 0.415 e. The van der Waals surface area contributed by atoms with Gasteiger partial charge in [0.2, 0.25) is 0 Å². The fraction of sp³-hybridized carbons (Fsp3) is 0.632. The molecule has 1 N–H and O–H groups in total. The van der Waals surface area contributed by atoms with Gasteiger partial charge in [-0.3, -0.25) is 4.90 Å². The molecule has 5 nitrogen and oxygen atoms in total. The van der Waals surface area contributed by atoms with Crippen LogP contribution in [0, 0.1) is 0 Å². The molecule has 140 valence electrons. The second-order valence-corrected chi connectivity index (χ2v) is 10.5. The van der Waals surface area contributed by atoms with Gasteiger partial charge in [0.25, 0.3) is 0 Å². The molecule has 1 amide bonds. The number of fused-ring (bicyclic) bond motifs is 1. The molecule has 0 saturated carbocycles. The van der Waals surface area contributed by atoms with Crippen molar-refractivity contribution >= 4 is 23.1 Å². The first-order valence-electron chi connectivity index (χ1n) is 8.69. The Hall–Kier alpha value is -1.24. The Morgan fingerprint density at radius 3 is 2.40 bits per heavy atom. The summed E-state index contributed by atoms with van der Waals surface area (Å²) in [7, 11) is 0. The molecule has 2 rings (SSSR count). The molecule has 3 atom stereocenters. The van der Waals surface area contributed by atoms with Gasteiger partial charge in [-0.05, 0) is 66.5 Å². The molecule has 0 fully saturated rings. The highest BCUT2D eigenvalue weighted by Gasteiger charge is 2.39. The van der Waals surface area contributed by atoms with E-state index in [4.69, 9.17) is 4.74 Å². The molecule has 1 aliphatic rings. The van der Waals surface area contributed by atoms with Crippen molar-refractivity contribution in [3.63, 3.8) is 0 Å². The maximum atomic E-state index is 12.7. The van der Waals surface area contributed by atoms with E-state index in [1.54, 1.807) is 4.90 Å². The summed E-state index contributed by atoms with van der Waals surface area (Å²) in [5.74, 6) is 0. The topological polar surface area (TPSA) is 64.6 Å². The number of benzene rings is 1. The van der Waals surface area contributed by atoms with Crippen molar-refractivity contribution in [2.75, 3.05) is 4.90 Å². The van der Waals surface area contributed by atoms with Gasteiger partial charge in [0.1, 0.15) is 10.3 Å². The first-order chi connectivity index (χ1) is 11.4. The Morgan fingerprint density at radius 2 is 1.84 bits per heavy atom. The van der Waals surface area contributed by atoms with Crippen LogP contribution in [-0.4, -0.2) is 27.0 Å². The summed E-state index contributed by atoms with van der Waals surface area (Å²) in [5.41, 5.74) is 1.25. The van der Waals surface area contributed by atoms with E-state index in [1.165, 1.54) is 0 Å². The van der Waals surface area contributed by atoms with Crippen LogP contribution < -0.4 is 9.62 Å². The van der Waals surface area contributed by atoms with Gasteiger partial charge in [-0.25, -0.2) is 4.79 Å². The summed E-state index contributed by atoms with van der Waals surface area (Å²) in [6.45, 7) is 13.4. The predicted octanol–water partition coefficient (Wildman–Crippen LogP) is 4.31. The minimum atomic E-state index is -1.18. The lowest BCUT2D eigenvalue weighted by Gasteiger charge is -2.40. The van der Waals surface area contributed by atoms with Crippen LogP contribution in [0.4, 0.5) is 10.5 Å². The molecule has 1 unspecified atom stereocenters. The number of ether oxygens (including phenoxy) is 1. The zero-order valence-corrected chi connectivity index (χ0v) is 17.1. The van der Waals surface area contributed by atoms with Crippen LogP contribution in [0.15, 0.2) is 24.3 Å². The lowest BCUT2D eigenvalue weighted by atomic mass is 9.93. The van der Waals surface area contributed by atoms with Crippen LogP contribution >= 0.6 is 0 Å². The summed E-state index contributed by atoms with van der Waals surface area (Å²) in [4.78, 5) is 14.4. The molecule has 25 heavy (non-hydrogen) atoms. The second kappa shape index (κ2) is 7.17. The number of nitrogens with zero attached hydrogens (tertiary/aromatic N) is 1. The van der Waals surface area contributed by atoms with Gasteiger partial charge in [-0.15, -0.1) is 4.72 Å². The summed E-state index contributed by atoms with van der Waals surface area (Å²) in [6, 6.07) is 7.63. The van der Waals surface area contributed by atoms with Crippen molar-refractivity contribution < 1.29 is 14.1 Å². The highest BCUT2D eigenvalue weighted by Crippen LogP contribution is 2.38. The Labute approximate surface area is 154 Å². The number of amides is 1. The van der Waals surface area contributed by atoms with Crippen LogP contribution in [-0.2, 0) is 16.1 Å². The monoisotopic (exact) mass is 366 g/mol. The van der Waals surface area contributed by atoms with Crippen molar-refractivity contribution in [3.05, 3.63) is 29.8 Å². The van der Waals surface area contributed by atoms with Crippen LogP contribution in [0.3, 0.4) is 0 Å². The smallest absolute Gasteiger partial charge is 0.415 e. The predicted molar refractivity (Wildman–Crippen MR) is 103 cm³/mol. The molecule has 0 radical (unpaired) electrons. The van der Waals surface area contributed by atoms with E-state index >= 15 is 0 Å². The van der Waals surface area contributed by atoms with Crippen LogP contribution in [0.2, 0.25) is 0 Å². The maximum absolute atomic E-state index is 12.7. The highest BCUT2D eigenvalue weighted by molar-refractivity contribution is 7.90. The van der Waals surface area contributed by atoms with Crippen molar-refractivity contribution in [2.24, 2.45) is 0 Å². The van der Waals surface area contributed by atoms with E-state index in [9.17, 15) is 9.35 Å². The van der Waals surface area contributed by atoms with Gasteiger partial charge in [-0.1, -0.05) is 18.2 Å². The lowest BCUT2D eigenvalue weighted by Crippen LogP contribution is -2.49. The molecule has 1 aromatic carbocycles. The van der Waals surface area contributed by atoms with Gasteiger partial charge in [-0.2, -0.15) is 0 Å². The van der Waals surface area contributed by atoms with E-state index in [1.807, 2.05) is 72.7 Å². The third-order valence-corrected chi connectivity index (χ3v) is 5.60. The van der Waals surface area contributed by atoms with Crippen molar-refractivity contribution in [1.82, 2.24) is 4.72 Å². The minimum absolute atomic E-state index is 0.0563. The summed E-state index contributed by atoms with van der Waals surface area (Å²) in [6.07, 6.45) is 0.334. The second-order valence-electron chi connectivity index (χ2n) is 8.55. The molecule has 0 aromatic heterocycles. The standard InChI is InChI=1S/C19H30N2O3S/c1-13-12-15(20-25(23)19(5,6)7)14-10-8-9-11-16(14)21(13)17(22)24-18(2,3)4/h8-11,13,15,20H,12H2,1-7H3/t13?,15-,25-/m0/s1. The van der Waals surface area contributed by atoms with Crippen LogP contribution in [0.1, 0.15) is 66.5 Å². The first-order valence-corrected chi connectivity index (χ1v) is 9.84. The lowest BCUT2D eigenvalue weighted by molar-refractivity contribution is 0.0561. The number of carbonyl (C=O) groups is 1. The molecule has 6 heteroatoms. The zero-order chi connectivity index (χ0) is 19.0. The third kappa shape index (κ3) is 4.90. The van der Waals surface area contributed by atoms with Gasteiger partial charge in [0.15, 0.2) is 0 Å². The van der Waals surface area contributed by atoms with E-state index in [0.29, 0.717) is 6.42 Å². The van der Waals surface area contributed by atoms with Crippen molar-refractivity contribution in [3.8, 4) is 0 Å². The average molecular weight is 367 g/mol. The Balaban J connectivity index is 2.32. The molecular formula is C19H30N2O3S. The van der Waals surface area contributed by atoms with Crippen molar-refractivity contribution in [1.29, 1.82) is 0 Å². The zero-order valence-electron chi connectivity index (χ0n) is 16.3. The number of hydrogen-bond donors (Lipinski definition) is 1. The number of carbonyl (C=O) groups excluding carboxylic acids is 1. The largest absolute Gasteiger partial charge is 0.598 e. The molecule has 0 saturated heterocycles. The van der Waals surface area contributed by atoms with E-state index in [2.05, 4.69) is 4.72 Å².